The van der Waals surface area contributed by atoms with E-state index >= 15 is 0 Å². The van der Waals surface area contributed by atoms with E-state index in [1.807, 2.05) is 6.92 Å². The molecule has 0 amide bonds. The Morgan fingerprint density at radius 2 is 2.27 bits per heavy atom. The van der Waals surface area contributed by atoms with E-state index in [1.165, 1.54) is 19.3 Å². The van der Waals surface area contributed by atoms with E-state index in [0.29, 0.717) is 6.04 Å². The molecule has 0 aromatic rings. The van der Waals surface area contributed by atoms with Crippen LogP contribution in [0.1, 0.15) is 33.1 Å². The van der Waals surface area contributed by atoms with Crippen LogP contribution in [-0.4, -0.2) is 23.8 Å². The predicted octanol–water partition coefficient (Wildman–Crippen LogP) is 1.15. The lowest BCUT2D eigenvalue weighted by Gasteiger charge is -2.21. The molecule has 1 saturated carbocycles. The van der Waals surface area contributed by atoms with Gasteiger partial charge < -0.3 is 10.4 Å². The Balaban J connectivity index is 2.24. The van der Waals surface area contributed by atoms with Crippen LogP contribution in [0.4, 0.5) is 0 Å². The fourth-order valence-corrected chi connectivity index (χ4v) is 1.81. The van der Waals surface area contributed by atoms with E-state index < -0.39 is 0 Å². The standard InChI is InChI=1S/C9H19NO/c1-7-4-3-5-9(7)10-8(2)6-11/h7-11H,3-6H2,1-2H3/t7?,8-,9?/m0/s1. The largest absolute Gasteiger partial charge is 0.395 e. The van der Waals surface area contributed by atoms with Gasteiger partial charge in [0, 0.05) is 12.1 Å². The van der Waals surface area contributed by atoms with E-state index in [9.17, 15) is 0 Å². The summed E-state index contributed by atoms with van der Waals surface area (Å²) in [4.78, 5) is 0. The van der Waals surface area contributed by atoms with E-state index in [0.717, 1.165) is 5.92 Å². The molecule has 11 heavy (non-hydrogen) atoms. The van der Waals surface area contributed by atoms with Gasteiger partial charge in [-0.05, 0) is 25.7 Å². The molecule has 0 aliphatic heterocycles. The third-order valence-corrected chi connectivity index (χ3v) is 2.63. The molecule has 1 rings (SSSR count). The lowest BCUT2D eigenvalue weighted by atomic mass is 10.1. The summed E-state index contributed by atoms with van der Waals surface area (Å²) in [5, 5.41) is 12.2. The maximum atomic E-state index is 8.82. The van der Waals surface area contributed by atoms with E-state index in [2.05, 4.69) is 12.2 Å². The third-order valence-electron chi connectivity index (χ3n) is 2.63. The van der Waals surface area contributed by atoms with Crippen molar-refractivity contribution in [1.82, 2.24) is 5.32 Å². The van der Waals surface area contributed by atoms with E-state index in [-0.39, 0.29) is 12.6 Å². The summed E-state index contributed by atoms with van der Waals surface area (Å²) in [6.07, 6.45) is 3.97. The molecule has 0 aromatic carbocycles. The molecule has 1 aliphatic rings. The second kappa shape index (κ2) is 4.07. The molecule has 66 valence electrons. The Hall–Kier alpha value is -0.0800. The highest BCUT2D eigenvalue weighted by molar-refractivity contribution is 4.81. The average Bonchev–Trinajstić information content (AvgIpc) is 2.37. The van der Waals surface area contributed by atoms with Gasteiger partial charge in [-0.3, -0.25) is 0 Å². The molecule has 0 aromatic heterocycles. The molecule has 2 nitrogen and oxygen atoms in total. The van der Waals surface area contributed by atoms with Crippen molar-refractivity contribution < 1.29 is 5.11 Å². The smallest absolute Gasteiger partial charge is 0.0582 e. The number of aliphatic hydroxyl groups excluding tert-OH is 1. The molecule has 0 saturated heterocycles. The number of aliphatic hydroxyl groups is 1. The zero-order valence-electron chi connectivity index (χ0n) is 7.51. The molecule has 0 heterocycles. The van der Waals surface area contributed by atoms with Gasteiger partial charge in [0.2, 0.25) is 0 Å². The van der Waals surface area contributed by atoms with Gasteiger partial charge in [0.15, 0.2) is 0 Å². The maximum Gasteiger partial charge on any atom is 0.0582 e. The van der Waals surface area contributed by atoms with Crippen LogP contribution in [0, 0.1) is 5.92 Å². The first-order valence-electron chi connectivity index (χ1n) is 4.61. The van der Waals surface area contributed by atoms with Gasteiger partial charge in [-0.2, -0.15) is 0 Å². The van der Waals surface area contributed by atoms with Crippen LogP contribution in [0.2, 0.25) is 0 Å². The molecule has 1 aliphatic carbocycles. The van der Waals surface area contributed by atoms with Gasteiger partial charge in [-0.1, -0.05) is 13.3 Å². The number of nitrogens with one attached hydrogen (secondary N) is 1. The Labute approximate surface area is 69.0 Å². The predicted molar refractivity (Wildman–Crippen MR) is 46.5 cm³/mol. The molecular weight excluding hydrogens is 138 g/mol. The molecule has 0 spiro atoms. The Morgan fingerprint density at radius 3 is 2.73 bits per heavy atom. The summed E-state index contributed by atoms with van der Waals surface area (Å²) >= 11 is 0. The first kappa shape index (κ1) is 9.01. The van der Waals surface area contributed by atoms with Crippen LogP contribution in [0.3, 0.4) is 0 Å². The van der Waals surface area contributed by atoms with Crippen molar-refractivity contribution in [2.24, 2.45) is 5.92 Å². The Morgan fingerprint density at radius 1 is 1.55 bits per heavy atom. The van der Waals surface area contributed by atoms with Crippen LogP contribution >= 0.6 is 0 Å². The second-order valence-corrected chi connectivity index (χ2v) is 3.76. The van der Waals surface area contributed by atoms with Gasteiger partial charge in [0.1, 0.15) is 0 Å². The minimum Gasteiger partial charge on any atom is -0.395 e. The summed E-state index contributed by atoms with van der Waals surface area (Å²) < 4.78 is 0. The van der Waals surface area contributed by atoms with Crippen molar-refractivity contribution in [3.8, 4) is 0 Å². The van der Waals surface area contributed by atoms with Crippen LogP contribution < -0.4 is 5.32 Å². The molecule has 2 unspecified atom stereocenters. The molecule has 0 radical (unpaired) electrons. The number of hydrogen-bond acceptors (Lipinski definition) is 2. The highest BCUT2D eigenvalue weighted by Crippen LogP contribution is 2.24. The summed E-state index contributed by atoms with van der Waals surface area (Å²) in [5.41, 5.74) is 0. The minimum atomic E-state index is 0.253. The van der Waals surface area contributed by atoms with Gasteiger partial charge in [0.25, 0.3) is 0 Å². The molecule has 3 atom stereocenters. The van der Waals surface area contributed by atoms with Crippen molar-refractivity contribution in [1.29, 1.82) is 0 Å². The van der Waals surface area contributed by atoms with Crippen molar-refractivity contribution in [3.63, 3.8) is 0 Å². The summed E-state index contributed by atoms with van der Waals surface area (Å²) in [6, 6.07) is 0.915. The SMILES string of the molecule is CC1CCCC1N[C@@H](C)CO. The molecule has 2 heteroatoms. The van der Waals surface area contributed by atoms with E-state index in [4.69, 9.17) is 5.11 Å². The molecule has 0 bridgehead atoms. The van der Waals surface area contributed by atoms with Crippen molar-refractivity contribution in [3.05, 3.63) is 0 Å². The Bertz CT molecular complexity index is 116. The zero-order chi connectivity index (χ0) is 8.27. The van der Waals surface area contributed by atoms with Gasteiger partial charge in [-0.15, -0.1) is 0 Å². The van der Waals surface area contributed by atoms with Crippen LogP contribution in [0.15, 0.2) is 0 Å². The van der Waals surface area contributed by atoms with Crippen molar-refractivity contribution in [2.45, 2.75) is 45.2 Å². The third kappa shape index (κ3) is 2.46. The topological polar surface area (TPSA) is 32.3 Å². The van der Waals surface area contributed by atoms with Crippen LogP contribution in [0.5, 0.6) is 0 Å². The number of hydrogen-bond donors (Lipinski definition) is 2. The van der Waals surface area contributed by atoms with Crippen LogP contribution in [0.25, 0.3) is 0 Å². The van der Waals surface area contributed by atoms with Crippen molar-refractivity contribution in [2.75, 3.05) is 6.61 Å². The van der Waals surface area contributed by atoms with Crippen molar-refractivity contribution >= 4 is 0 Å². The maximum absolute atomic E-state index is 8.82. The van der Waals surface area contributed by atoms with Gasteiger partial charge in [0.05, 0.1) is 6.61 Å². The van der Waals surface area contributed by atoms with Gasteiger partial charge in [-0.25, -0.2) is 0 Å². The van der Waals surface area contributed by atoms with Crippen LogP contribution in [-0.2, 0) is 0 Å². The monoisotopic (exact) mass is 157 g/mol. The summed E-state index contributed by atoms with van der Waals surface area (Å²) in [6.45, 7) is 4.57. The Kier molecular flexibility index (Phi) is 3.34. The quantitative estimate of drug-likeness (QED) is 0.644. The highest BCUT2D eigenvalue weighted by Gasteiger charge is 2.23. The zero-order valence-corrected chi connectivity index (χ0v) is 7.51. The molecular formula is C9H19NO. The molecule has 1 fully saturated rings. The van der Waals surface area contributed by atoms with Gasteiger partial charge >= 0.3 is 0 Å². The summed E-state index contributed by atoms with van der Waals surface area (Å²) in [7, 11) is 0. The fourth-order valence-electron chi connectivity index (χ4n) is 1.81. The lowest BCUT2D eigenvalue weighted by Crippen LogP contribution is -2.39. The first-order valence-corrected chi connectivity index (χ1v) is 4.61. The minimum absolute atomic E-state index is 0.253. The van der Waals surface area contributed by atoms with E-state index in [1.54, 1.807) is 0 Å². The normalized spacial score (nSPS) is 34.1. The number of rotatable bonds is 3. The highest BCUT2D eigenvalue weighted by atomic mass is 16.3. The molecule has 2 N–H and O–H groups in total. The average molecular weight is 157 g/mol. The lowest BCUT2D eigenvalue weighted by molar-refractivity contribution is 0.232. The second-order valence-electron chi connectivity index (χ2n) is 3.76. The fraction of sp³-hybridized carbons (Fsp3) is 1.00. The summed E-state index contributed by atoms with van der Waals surface area (Å²) in [5.74, 6) is 0.795. The first-order chi connectivity index (χ1) is 5.24.